The van der Waals surface area contributed by atoms with Crippen LogP contribution in [0.3, 0.4) is 0 Å². The normalized spacial score (nSPS) is 15.6. The van der Waals surface area contributed by atoms with Gasteiger partial charge in [-0.1, -0.05) is 6.07 Å². The molecule has 7 heteroatoms. The third-order valence-corrected chi connectivity index (χ3v) is 3.16. The number of hydrogen-bond acceptors (Lipinski definition) is 4. The first-order valence-corrected chi connectivity index (χ1v) is 6.57. The van der Waals surface area contributed by atoms with Crippen molar-refractivity contribution < 1.29 is 23.9 Å². The average Bonchev–Trinajstić information content (AvgIpc) is 2.91. The van der Waals surface area contributed by atoms with Crippen LogP contribution >= 0.6 is 0 Å². The van der Waals surface area contributed by atoms with Gasteiger partial charge in [0.05, 0.1) is 0 Å². The van der Waals surface area contributed by atoms with Gasteiger partial charge in [-0.3, -0.25) is 5.21 Å². The van der Waals surface area contributed by atoms with E-state index in [-0.39, 0.29) is 5.82 Å². The van der Waals surface area contributed by atoms with Gasteiger partial charge in [-0.25, -0.2) is 14.7 Å². The number of rotatable bonds is 3. The number of hydroxylamine groups is 1. The average molecular weight is 304 g/mol. The summed E-state index contributed by atoms with van der Waals surface area (Å²) in [5.74, 6) is 1.30. The Morgan fingerprint density at radius 2 is 1.95 bits per heavy atom. The smallest absolute Gasteiger partial charge is 0.341 e. The fourth-order valence-electron chi connectivity index (χ4n) is 2.17. The van der Waals surface area contributed by atoms with Crippen molar-refractivity contribution in [1.29, 1.82) is 0 Å². The minimum Gasteiger partial charge on any atom is -0.470 e. The Labute approximate surface area is 125 Å². The Morgan fingerprint density at radius 3 is 2.68 bits per heavy atom. The van der Waals surface area contributed by atoms with Crippen LogP contribution in [0.2, 0.25) is 0 Å². The molecule has 0 spiro atoms. The molecule has 1 atom stereocenters. The Balaban J connectivity index is 1.69. The van der Waals surface area contributed by atoms with Crippen LogP contribution in [0.5, 0.6) is 17.2 Å². The monoisotopic (exact) mass is 304 g/mol. The molecule has 0 fully saturated rings. The van der Waals surface area contributed by atoms with E-state index in [9.17, 15) is 9.18 Å². The van der Waals surface area contributed by atoms with Crippen LogP contribution in [0.1, 0.15) is 5.56 Å². The largest absolute Gasteiger partial charge is 0.470 e. The van der Waals surface area contributed by atoms with E-state index in [4.69, 9.17) is 14.7 Å². The highest BCUT2D eigenvalue weighted by Gasteiger charge is 2.24. The second-order valence-corrected chi connectivity index (χ2v) is 4.72. The summed E-state index contributed by atoms with van der Waals surface area (Å²) in [5, 5.41) is 10.9. The van der Waals surface area contributed by atoms with Crippen LogP contribution in [0.15, 0.2) is 42.5 Å². The molecule has 0 bridgehead atoms. The molecule has 3 N–H and O–H groups in total. The lowest BCUT2D eigenvalue weighted by Gasteiger charge is -2.11. The van der Waals surface area contributed by atoms with Gasteiger partial charge in [-0.05, 0) is 30.3 Å². The zero-order valence-corrected chi connectivity index (χ0v) is 11.4. The number of amides is 2. The molecular formula is C15H13FN2O4. The number of nitrogens with one attached hydrogen (secondary N) is 2. The highest BCUT2D eigenvalue weighted by Crippen LogP contribution is 2.33. The standard InChI is InChI=1S/C15H13FN2O4/c16-10-2-5-11(6-3-10)21-12-4-1-9-7-14(17-15(19)18-20)22-13(9)8-12/h1-6,8,14,20H,7H2,(H2,17,18,19). The third kappa shape index (κ3) is 3.09. The van der Waals surface area contributed by atoms with Gasteiger partial charge in [0.15, 0.2) is 6.23 Å². The van der Waals surface area contributed by atoms with Gasteiger partial charge < -0.3 is 14.8 Å². The summed E-state index contributed by atoms with van der Waals surface area (Å²) < 4.78 is 24.0. The van der Waals surface area contributed by atoms with Gasteiger partial charge in [-0.15, -0.1) is 0 Å². The number of ether oxygens (including phenoxy) is 2. The van der Waals surface area contributed by atoms with Crippen LogP contribution in [-0.4, -0.2) is 17.5 Å². The predicted molar refractivity (Wildman–Crippen MR) is 74.5 cm³/mol. The van der Waals surface area contributed by atoms with Gasteiger partial charge >= 0.3 is 6.03 Å². The van der Waals surface area contributed by atoms with Crippen molar-refractivity contribution in [2.75, 3.05) is 0 Å². The minimum atomic E-state index is -0.736. The summed E-state index contributed by atoms with van der Waals surface area (Å²) in [4.78, 5) is 11.0. The Morgan fingerprint density at radius 1 is 1.23 bits per heavy atom. The number of carbonyl (C=O) groups is 1. The van der Waals surface area contributed by atoms with E-state index < -0.39 is 12.3 Å². The summed E-state index contributed by atoms with van der Waals surface area (Å²) in [7, 11) is 0. The maximum Gasteiger partial charge on any atom is 0.341 e. The maximum atomic E-state index is 12.8. The summed E-state index contributed by atoms with van der Waals surface area (Å²) in [6, 6.07) is 10.2. The molecule has 0 radical (unpaired) electrons. The lowest BCUT2D eigenvalue weighted by Crippen LogP contribution is -2.43. The van der Waals surface area contributed by atoms with E-state index >= 15 is 0 Å². The first-order chi connectivity index (χ1) is 10.6. The lowest BCUT2D eigenvalue weighted by molar-refractivity contribution is 0.137. The number of carbonyl (C=O) groups excluding carboxylic acids is 1. The molecule has 6 nitrogen and oxygen atoms in total. The first-order valence-electron chi connectivity index (χ1n) is 6.57. The molecule has 1 unspecified atom stereocenters. The zero-order valence-electron chi connectivity index (χ0n) is 11.4. The summed E-state index contributed by atoms with van der Waals surface area (Å²) in [6.07, 6.45) is -0.0669. The Kier molecular flexibility index (Phi) is 3.80. The maximum absolute atomic E-state index is 12.8. The molecule has 1 aliphatic heterocycles. The molecule has 2 aromatic carbocycles. The number of urea groups is 1. The van der Waals surface area contributed by atoms with Crippen LogP contribution in [0, 0.1) is 5.82 Å². The topological polar surface area (TPSA) is 79.8 Å². The van der Waals surface area contributed by atoms with Gasteiger partial charge in [0.2, 0.25) is 0 Å². The lowest BCUT2D eigenvalue weighted by atomic mass is 10.1. The molecule has 0 aromatic heterocycles. The molecule has 0 saturated carbocycles. The van der Waals surface area contributed by atoms with Gasteiger partial charge in [0.25, 0.3) is 0 Å². The number of hydrogen-bond donors (Lipinski definition) is 3. The van der Waals surface area contributed by atoms with E-state index in [1.54, 1.807) is 12.1 Å². The molecular weight excluding hydrogens is 291 g/mol. The Hall–Kier alpha value is -2.80. The fraction of sp³-hybridized carbons (Fsp3) is 0.133. The summed E-state index contributed by atoms with van der Waals surface area (Å²) >= 11 is 0. The van der Waals surface area contributed by atoms with Gasteiger partial charge in [-0.2, -0.15) is 0 Å². The number of benzene rings is 2. The van der Waals surface area contributed by atoms with Crippen molar-refractivity contribution in [2.24, 2.45) is 0 Å². The third-order valence-electron chi connectivity index (χ3n) is 3.16. The van der Waals surface area contributed by atoms with E-state index in [0.29, 0.717) is 23.7 Å². The number of fused-ring (bicyclic) bond motifs is 1. The molecule has 0 aliphatic carbocycles. The van der Waals surface area contributed by atoms with Crippen LogP contribution in [0.25, 0.3) is 0 Å². The van der Waals surface area contributed by atoms with E-state index in [2.05, 4.69) is 5.32 Å². The highest BCUT2D eigenvalue weighted by molar-refractivity contribution is 5.72. The van der Waals surface area contributed by atoms with Crippen molar-refractivity contribution in [3.05, 3.63) is 53.8 Å². The minimum absolute atomic E-state index is 0.333. The molecule has 2 amide bonds. The molecule has 3 rings (SSSR count). The van der Waals surface area contributed by atoms with Crippen molar-refractivity contribution >= 4 is 6.03 Å². The van der Waals surface area contributed by atoms with Gasteiger partial charge in [0.1, 0.15) is 23.1 Å². The molecule has 1 aliphatic rings. The van der Waals surface area contributed by atoms with Gasteiger partial charge in [0, 0.05) is 18.1 Å². The van der Waals surface area contributed by atoms with E-state index in [1.165, 1.54) is 29.7 Å². The first kappa shape index (κ1) is 14.2. The quantitative estimate of drug-likeness (QED) is 0.601. The van der Waals surface area contributed by atoms with Crippen molar-refractivity contribution in [2.45, 2.75) is 12.6 Å². The van der Waals surface area contributed by atoms with E-state index in [0.717, 1.165) is 5.56 Å². The van der Waals surface area contributed by atoms with Crippen LogP contribution in [0.4, 0.5) is 9.18 Å². The predicted octanol–water partition coefficient (Wildman–Crippen LogP) is 2.57. The molecule has 22 heavy (non-hydrogen) atoms. The SMILES string of the molecule is O=C(NO)NC1Cc2ccc(Oc3ccc(F)cc3)cc2O1. The fourth-order valence-corrected chi connectivity index (χ4v) is 2.17. The molecule has 2 aromatic rings. The Bertz CT molecular complexity index is 690. The molecule has 114 valence electrons. The summed E-state index contributed by atoms with van der Waals surface area (Å²) in [6.45, 7) is 0. The molecule has 0 saturated heterocycles. The van der Waals surface area contributed by atoms with Crippen molar-refractivity contribution in [3.63, 3.8) is 0 Å². The number of halogens is 1. The van der Waals surface area contributed by atoms with Crippen LogP contribution in [-0.2, 0) is 6.42 Å². The molecule has 1 heterocycles. The summed E-state index contributed by atoms with van der Waals surface area (Å²) in [5.41, 5.74) is 2.39. The zero-order chi connectivity index (χ0) is 15.5. The second kappa shape index (κ2) is 5.90. The van der Waals surface area contributed by atoms with Crippen molar-refractivity contribution in [3.8, 4) is 17.2 Å². The van der Waals surface area contributed by atoms with Crippen molar-refractivity contribution in [1.82, 2.24) is 10.8 Å². The van der Waals surface area contributed by atoms with E-state index in [1.807, 2.05) is 6.07 Å². The van der Waals surface area contributed by atoms with Crippen LogP contribution < -0.4 is 20.3 Å². The highest BCUT2D eigenvalue weighted by atomic mass is 19.1. The second-order valence-electron chi connectivity index (χ2n) is 4.72.